The standard InChI is InChI=1S/C10H18N2O3/c1-10(9(14)15)4-5-12(7-10)8(13)6-11(2)3/h4-7H2,1-3H3,(H,14,15). The molecule has 0 radical (unpaired) electrons. The SMILES string of the molecule is CN(C)CC(=O)N1CCC(C)(C(=O)O)C1. The van der Waals surface area contributed by atoms with Gasteiger partial charge in [-0.05, 0) is 27.4 Å². The number of carboxylic acids is 1. The van der Waals surface area contributed by atoms with Gasteiger partial charge in [-0.25, -0.2) is 0 Å². The Morgan fingerprint density at radius 1 is 1.47 bits per heavy atom. The van der Waals surface area contributed by atoms with E-state index in [4.69, 9.17) is 5.11 Å². The summed E-state index contributed by atoms with van der Waals surface area (Å²) >= 11 is 0. The number of carbonyl (C=O) groups excluding carboxylic acids is 1. The number of amides is 1. The summed E-state index contributed by atoms with van der Waals surface area (Å²) in [6.45, 7) is 2.92. The van der Waals surface area contributed by atoms with Crippen molar-refractivity contribution in [3.63, 3.8) is 0 Å². The minimum absolute atomic E-state index is 0.00461. The summed E-state index contributed by atoms with van der Waals surface area (Å²) in [5, 5.41) is 9.01. The number of hydrogen-bond acceptors (Lipinski definition) is 3. The molecule has 5 nitrogen and oxygen atoms in total. The van der Waals surface area contributed by atoms with E-state index >= 15 is 0 Å². The van der Waals surface area contributed by atoms with E-state index in [0.717, 1.165) is 0 Å². The lowest BCUT2D eigenvalue weighted by Gasteiger charge is -2.21. The van der Waals surface area contributed by atoms with Crippen molar-refractivity contribution in [3.8, 4) is 0 Å². The first kappa shape index (κ1) is 12.0. The molecular formula is C10H18N2O3. The first-order chi connectivity index (χ1) is 6.85. The number of carbonyl (C=O) groups is 2. The van der Waals surface area contributed by atoms with Gasteiger partial charge >= 0.3 is 5.97 Å². The third kappa shape index (κ3) is 2.68. The summed E-state index contributed by atoms with van der Waals surface area (Å²) in [6, 6.07) is 0. The fraction of sp³-hybridized carbons (Fsp3) is 0.800. The van der Waals surface area contributed by atoms with E-state index in [-0.39, 0.29) is 5.91 Å². The van der Waals surface area contributed by atoms with Crippen LogP contribution in [0.5, 0.6) is 0 Å². The molecule has 1 heterocycles. The van der Waals surface area contributed by atoms with Gasteiger partial charge in [0.05, 0.1) is 12.0 Å². The Labute approximate surface area is 89.7 Å². The molecule has 5 heteroatoms. The van der Waals surface area contributed by atoms with Gasteiger partial charge in [0.15, 0.2) is 0 Å². The van der Waals surface area contributed by atoms with E-state index in [9.17, 15) is 9.59 Å². The van der Waals surface area contributed by atoms with Gasteiger partial charge in [-0.15, -0.1) is 0 Å². The maximum atomic E-state index is 11.7. The van der Waals surface area contributed by atoms with Crippen molar-refractivity contribution in [1.29, 1.82) is 0 Å². The lowest BCUT2D eigenvalue weighted by Crippen LogP contribution is -2.39. The van der Waals surface area contributed by atoms with Crippen LogP contribution in [0.25, 0.3) is 0 Å². The molecule has 86 valence electrons. The van der Waals surface area contributed by atoms with Gasteiger partial charge in [0.25, 0.3) is 0 Å². The van der Waals surface area contributed by atoms with Crippen molar-refractivity contribution < 1.29 is 14.7 Å². The Kier molecular flexibility index (Phi) is 3.34. The van der Waals surface area contributed by atoms with Crippen molar-refractivity contribution in [3.05, 3.63) is 0 Å². The van der Waals surface area contributed by atoms with Crippen LogP contribution in [0.4, 0.5) is 0 Å². The molecule has 0 spiro atoms. The second kappa shape index (κ2) is 4.18. The van der Waals surface area contributed by atoms with Gasteiger partial charge in [0, 0.05) is 13.1 Å². The number of carboxylic acid groups (broad SMARTS) is 1. The molecule has 0 saturated carbocycles. The number of nitrogens with zero attached hydrogens (tertiary/aromatic N) is 2. The second-order valence-electron chi connectivity index (χ2n) is 4.67. The predicted molar refractivity (Wildman–Crippen MR) is 55.5 cm³/mol. The molecule has 15 heavy (non-hydrogen) atoms. The van der Waals surface area contributed by atoms with Crippen molar-refractivity contribution in [2.45, 2.75) is 13.3 Å². The van der Waals surface area contributed by atoms with Crippen molar-refractivity contribution >= 4 is 11.9 Å². The van der Waals surface area contributed by atoms with Gasteiger partial charge < -0.3 is 14.9 Å². The van der Waals surface area contributed by atoms with Crippen LogP contribution < -0.4 is 0 Å². The Balaban J connectivity index is 2.56. The van der Waals surface area contributed by atoms with Gasteiger partial charge in [0.1, 0.15) is 0 Å². The summed E-state index contributed by atoms with van der Waals surface area (Å²) in [4.78, 5) is 26.0. The molecule has 0 aromatic rings. The first-order valence-corrected chi connectivity index (χ1v) is 5.01. The van der Waals surface area contributed by atoms with Crippen molar-refractivity contribution in [2.24, 2.45) is 5.41 Å². The lowest BCUT2D eigenvalue weighted by molar-refractivity contribution is -0.147. The summed E-state index contributed by atoms with van der Waals surface area (Å²) in [5.41, 5.74) is -0.762. The molecule has 1 rings (SSSR count). The lowest BCUT2D eigenvalue weighted by atomic mass is 9.90. The number of likely N-dealkylation sites (N-methyl/N-ethyl adjacent to an activating group) is 1. The zero-order chi connectivity index (χ0) is 11.6. The van der Waals surface area contributed by atoms with Gasteiger partial charge in [0.2, 0.25) is 5.91 Å². The second-order valence-corrected chi connectivity index (χ2v) is 4.67. The average Bonchev–Trinajstić information content (AvgIpc) is 2.48. The van der Waals surface area contributed by atoms with Crippen LogP contribution in [0, 0.1) is 5.41 Å². The van der Waals surface area contributed by atoms with Crippen LogP contribution in [0.3, 0.4) is 0 Å². The predicted octanol–water partition coefficient (Wildman–Crippen LogP) is -0.129. The molecule has 1 N–H and O–H groups in total. The molecule has 1 unspecified atom stereocenters. The van der Waals surface area contributed by atoms with Crippen molar-refractivity contribution in [1.82, 2.24) is 9.80 Å². The number of aliphatic carboxylic acids is 1. The van der Waals surface area contributed by atoms with Crippen LogP contribution in [-0.4, -0.2) is 60.5 Å². The molecule has 0 aromatic carbocycles. The molecule has 1 aliphatic rings. The quantitative estimate of drug-likeness (QED) is 0.711. The van der Waals surface area contributed by atoms with E-state index < -0.39 is 11.4 Å². The highest BCUT2D eigenvalue weighted by atomic mass is 16.4. The van der Waals surface area contributed by atoms with Gasteiger partial charge in [-0.3, -0.25) is 9.59 Å². The third-order valence-electron chi connectivity index (χ3n) is 2.79. The molecule has 0 bridgehead atoms. The van der Waals surface area contributed by atoms with Crippen molar-refractivity contribution in [2.75, 3.05) is 33.7 Å². The molecule has 1 amide bonds. The largest absolute Gasteiger partial charge is 0.481 e. The third-order valence-corrected chi connectivity index (χ3v) is 2.79. The maximum Gasteiger partial charge on any atom is 0.311 e. The average molecular weight is 214 g/mol. The molecule has 1 aliphatic heterocycles. The summed E-state index contributed by atoms with van der Waals surface area (Å²) in [6.07, 6.45) is 0.543. The fourth-order valence-corrected chi connectivity index (χ4v) is 1.72. The first-order valence-electron chi connectivity index (χ1n) is 5.01. The summed E-state index contributed by atoms with van der Waals surface area (Å²) in [5.74, 6) is -0.812. The molecule has 1 atom stereocenters. The highest BCUT2D eigenvalue weighted by Crippen LogP contribution is 2.29. The number of likely N-dealkylation sites (tertiary alicyclic amines) is 1. The molecule has 0 aliphatic carbocycles. The number of hydrogen-bond donors (Lipinski definition) is 1. The smallest absolute Gasteiger partial charge is 0.311 e. The Morgan fingerprint density at radius 2 is 2.07 bits per heavy atom. The molecule has 1 saturated heterocycles. The zero-order valence-corrected chi connectivity index (χ0v) is 9.49. The topological polar surface area (TPSA) is 60.9 Å². The maximum absolute atomic E-state index is 11.7. The Hall–Kier alpha value is -1.10. The summed E-state index contributed by atoms with van der Waals surface area (Å²) in [7, 11) is 3.65. The van der Waals surface area contributed by atoms with Crippen LogP contribution in [-0.2, 0) is 9.59 Å². The van der Waals surface area contributed by atoms with E-state index in [0.29, 0.717) is 26.1 Å². The monoisotopic (exact) mass is 214 g/mol. The van der Waals surface area contributed by atoms with Crippen LogP contribution >= 0.6 is 0 Å². The van der Waals surface area contributed by atoms with Gasteiger partial charge in [-0.1, -0.05) is 0 Å². The van der Waals surface area contributed by atoms with Crippen LogP contribution in [0.15, 0.2) is 0 Å². The van der Waals surface area contributed by atoms with E-state index in [2.05, 4.69) is 0 Å². The van der Waals surface area contributed by atoms with Gasteiger partial charge in [-0.2, -0.15) is 0 Å². The van der Waals surface area contributed by atoms with E-state index in [1.165, 1.54) is 0 Å². The molecular weight excluding hydrogens is 196 g/mol. The fourth-order valence-electron chi connectivity index (χ4n) is 1.72. The minimum atomic E-state index is -0.817. The molecule has 0 aromatic heterocycles. The normalized spacial score (nSPS) is 26.0. The van der Waals surface area contributed by atoms with E-state index in [1.807, 2.05) is 14.1 Å². The highest BCUT2D eigenvalue weighted by molar-refractivity contribution is 5.81. The van der Waals surface area contributed by atoms with Crippen LogP contribution in [0.2, 0.25) is 0 Å². The Morgan fingerprint density at radius 3 is 2.47 bits per heavy atom. The number of rotatable bonds is 3. The summed E-state index contributed by atoms with van der Waals surface area (Å²) < 4.78 is 0. The van der Waals surface area contributed by atoms with E-state index in [1.54, 1.807) is 16.7 Å². The molecule has 1 fully saturated rings. The minimum Gasteiger partial charge on any atom is -0.481 e. The van der Waals surface area contributed by atoms with Crippen LogP contribution in [0.1, 0.15) is 13.3 Å². The Bertz CT molecular complexity index is 278. The zero-order valence-electron chi connectivity index (χ0n) is 9.49. The highest BCUT2D eigenvalue weighted by Gasteiger charge is 2.41.